The molecule has 0 radical (unpaired) electrons. The number of anilines is 1. The van der Waals surface area contributed by atoms with Gasteiger partial charge in [0.15, 0.2) is 0 Å². The number of nitrogens with zero attached hydrogens (tertiary/aromatic N) is 3. The van der Waals surface area contributed by atoms with Crippen LogP contribution in [-0.4, -0.2) is 28.4 Å². The lowest BCUT2D eigenvalue weighted by atomic mass is 10.1. The molecule has 2 fully saturated rings. The highest BCUT2D eigenvalue weighted by Crippen LogP contribution is 2.32. The van der Waals surface area contributed by atoms with Crippen LogP contribution in [0.25, 0.3) is 0 Å². The molecule has 1 saturated heterocycles. The van der Waals surface area contributed by atoms with Crippen molar-refractivity contribution in [2.24, 2.45) is 7.05 Å². The Bertz CT molecular complexity index is 447. The van der Waals surface area contributed by atoms with E-state index in [-0.39, 0.29) is 0 Å². The van der Waals surface area contributed by atoms with E-state index in [0.717, 1.165) is 12.6 Å². The van der Waals surface area contributed by atoms with Gasteiger partial charge in [-0.1, -0.05) is 6.92 Å². The van der Waals surface area contributed by atoms with Crippen LogP contribution in [0.2, 0.25) is 0 Å². The summed E-state index contributed by atoms with van der Waals surface area (Å²) in [5, 5.41) is 8.30. The van der Waals surface area contributed by atoms with Crippen molar-refractivity contribution in [1.29, 1.82) is 0 Å². The van der Waals surface area contributed by atoms with Gasteiger partial charge >= 0.3 is 0 Å². The second-order valence-corrected chi connectivity index (χ2v) is 6.06. The summed E-state index contributed by atoms with van der Waals surface area (Å²) in [7, 11) is 2.09. The molecule has 4 nitrogen and oxygen atoms in total. The van der Waals surface area contributed by atoms with Gasteiger partial charge in [0.1, 0.15) is 5.82 Å². The van der Waals surface area contributed by atoms with Crippen molar-refractivity contribution in [1.82, 2.24) is 15.1 Å². The summed E-state index contributed by atoms with van der Waals surface area (Å²) in [4.78, 5) is 2.59. The van der Waals surface area contributed by atoms with E-state index in [0.29, 0.717) is 6.04 Å². The second-order valence-electron chi connectivity index (χ2n) is 6.06. The molecule has 0 aromatic carbocycles. The highest BCUT2D eigenvalue weighted by atomic mass is 15.4. The molecule has 1 aliphatic carbocycles. The third-order valence-electron chi connectivity index (χ3n) is 4.58. The van der Waals surface area contributed by atoms with Gasteiger partial charge in [-0.05, 0) is 39.0 Å². The summed E-state index contributed by atoms with van der Waals surface area (Å²) in [6.45, 7) is 6.61. The molecule has 0 spiro atoms. The van der Waals surface area contributed by atoms with Crippen LogP contribution in [0.5, 0.6) is 0 Å². The van der Waals surface area contributed by atoms with Gasteiger partial charge in [0.25, 0.3) is 0 Å². The van der Waals surface area contributed by atoms with E-state index in [9.17, 15) is 0 Å². The van der Waals surface area contributed by atoms with Crippen LogP contribution in [-0.2, 0) is 13.6 Å². The number of nitrogens with one attached hydrogen (secondary N) is 1. The standard InChI is InChI=1S/C15H26N4/c1-4-13-6-5-9-19(13)15-14(10-16-12-7-8-12)11(2)17-18(15)3/h12-13,16H,4-10H2,1-3H3. The third kappa shape index (κ3) is 2.50. The Morgan fingerprint density at radius 2 is 2.11 bits per heavy atom. The predicted octanol–water partition coefficient (Wildman–Crippen LogP) is 2.36. The molecule has 1 aromatic rings. The normalized spacial score (nSPS) is 23.3. The molecular weight excluding hydrogens is 236 g/mol. The number of aryl methyl sites for hydroxylation is 2. The van der Waals surface area contributed by atoms with E-state index in [4.69, 9.17) is 0 Å². The van der Waals surface area contributed by atoms with Gasteiger partial charge in [0.2, 0.25) is 0 Å². The van der Waals surface area contributed by atoms with Crippen LogP contribution in [0.1, 0.15) is 50.3 Å². The minimum atomic E-state index is 0.703. The van der Waals surface area contributed by atoms with Crippen LogP contribution in [0, 0.1) is 6.92 Å². The number of rotatable bonds is 5. The molecule has 2 aliphatic rings. The molecule has 3 rings (SSSR count). The molecule has 2 heterocycles. The first-order valence-corrected chi connectivity index (χ1v) is 7.73. The first-order valence-electron chi connectivity index (χ1n) is 7.73. The minimum Gasteiger partial charge on any atom is -0.354 e. The van der Waals surface area contributed by atoms with Gasteiger partial charge in [-0.2, -0.15) is 5.10 Å². The van der Waals surface area contributed by atoms with Crippen molar-refractivity contribution in [3.8, 4) is 0 Å². The lowest BCUT2D eigenvalue weighted by Gasteiger charge is -2.27. The maximum absolute atomic E-state index is 4.66. The SMILES string of the molecule is CCC1CCCN1c1c(CNC2CC2)c(C)nn1C. The average Bonchev–Trinajstić information content (AvgIpc) is 3.02. The Labute approximate surface area is 116 Å². The molecule has 0 amide bonds. The van der Waals surface area contributed by atoms with Crippen LogP contribution in [0.4, 0.5) is 5.82 Å². The van der Waals surface area contributed by atoms with Crippen LogP contribution >= 0.6 is 0 Å². The largest absolute Gasteiger partial charge is 0.354 e. The summed E-state index contributed by atoms with van der Waals surface area (Å²) in [5.74, 6) is 1.36. The molecule has 106 valence electrons. The maximum atomic E-state index is 4.66. The molecule has 1 aromatic heterocycles. The fourth-order valence-corrected chi connectivity index (χ4v) is 3.33. The highest BCUT2D eigenvalue weighted by molar-refractivity contribution is 5.52. The van der Waals surface area contributed by atoms with E-state index < -0.39 is 0 Å². The monoisotopic (exact) mass is 262 g/mol. The van der Waals surface area contributed by atoms with Gasteiger partial charge in [-0.25, -0.2) is 0 Å². The smallest absolute Gasteiger partial charge is 0.131 e. The van der Waals surface area contributed by atoms with E-state index in [1.54, 1.807) is 0 Å². The summed E-state index contributed by atoms with van der Waals surface area (Å²) in [6, 6.07) is 1.46. The van der Waals surface area contributed by atoms with Gasteiger partial charge in [0, 0.05) is 37.8 Å². The van der Waals surface area contributed by atoms with Crippen molar-refractivity contribution in [3.05, 3.63) is 11.3 Å². The Morgan fingerprint density at radius 3 is 2.79 bits per heavy atom. The first kappa shape index (κ1) is 13.0. The van der Waals surface area contributed by atoms with E-state index >= 15 is 0 Å². The van der Waals surface area contributed by atoms with Crippen molar-refractivity contribution < 1.29 is 0 Å². The average molecular weight is 262 g/mol. The molecule has 1 atom stereocenters. The van der Waals surface area contributed by atoms with Crippen molar-refractivity contribution >= 4 is 5.82 Å². The molecule has 1 saturated carbocycles. The molecule has 1 unspecified atom stereocenters. The van der Waals surface area contributed by atoms with Gasteiger partial charge in [0.05, 0.1) is 5.69 Å². The summed E-state index contributed by atoms with van der Waals surface area (Å²) in [6.07, 6.45) is 6.57. The van der Waals surface area contributed by atoms with Crippen LogP contribution in [0.3, 0.4) is 0 Å². The second kappa shape index (κ2) is 5.16. The quantitative estimate of drug-likeness (QED) is 0.884. The molecule has 19 heavy (non-hydrogen) atoms. The maximum Gasteiger partial charge on any atom is 0.131 e. The van der Waals surface area contributed by atoms with E-state index in [1.165, 1.54) is 55.7 Å². The topological polar surface area (TPSA) is 33.1 Å². The third-order valence-corrected chi connectivity index (χ3v) is 4.58. The van der Waals surface area contributed by atoms with Gasteiger partial charge in [-0.3, -0.25) is 4.68 Å². The summed E-state index contributed by atoms with van der Waals surface area (Å²) < 4.78 is 2.09. The number of hydrogen-bond donors (Lipinski definition) is 1. The zero-order chi connectivity index (χ0) is 13.4. The Balaban J connectivity index is 1.85. The molecule has 0 bridgehead atoms. The number of hydrogen-bond acceptors (Lipinski definition) is 3. The zero-order valence-corrected chi connectivity index (χ0v) is 12.4. The van der Waals surface area contributed by atoms with Crippen molar-refractivity contribution in [3.63, 3.8) is 0 Å². The zero-order valence-electron chi connectivity index (χ0n) is 12.4. The summed E-state index contributed by atoms with van der Waals surface area (Å²) in [5.41, 5.74) is 2.60. The Morgan fingerprint density at radius 1 is 1.32 bits per heavy atom. The van der Waals surface area contributed by atoms with Gasteiger partial charge < -0.3 is 10.2 Å². The predicted molar refractivity (Wildman–Crippen MR) is 78.5 cm³/mol. The van der Waals surface area contributed by atoms with Crippen molar-refractivity contribution in [2.45, 2.75) is 64.6 Å². The van der Waals surface area contributed by atoms with Crippen LogP contribution in [0.15, 0.2) is 0 Å². The highest BCUT2D eigenvalue weighted by Gasteiger charge is 2.29. The summed E-state index contributed by atoms with van der Waals surface area (Å²) >= 11 is 0. The van der Waals surface area contributed by atoms with E-state index in [1.807, 2.05) is 0 Å². The Hall–Kier alpha value is -1.03. The van der Waals surface area contributed by atoms with Crippen molar-refractivity contribution in [2.75, 3.05) is 11.4 Å². The lowest BCUT2D eigenvalue weighted by molar-refractivity contribution is 0.615. The van der Waals surface area contributed by atoms with E-state index in [2.05, 4.69) is 40.9 Å². The van der Waals surface area contributed by atoms with Crippen LogP contribution < -0.4 is 10.2 Å². The Kier molecular flexibility index (Phi) is 3.52. The molecule has 1 aliphatic heterocycles. The molecular formula is C15H26N4. The lowest BCUT2D eigenvalue weighted by Crippen LogP contribution is -2.31. The molecule has 1 N–H and O–H groups in total. The molecule has 4 heteroatoms. The fourth-order valence-electron chi connectivity index (χ4n) is 3.33. The first-order chi connectivity index (χ1) is 9.20. The van der Waals surface area contributed by atoms with Gasteiger partial charge in [-0.15, -0.1) is 0 Å². The number of aromatic nitrogens is 2. The minimum absolute atomic E-state index is 0.703. The fraction of sp³-hybridized carbons (Fsp3) is 0.800.